The first-order valence-corrected chi connectivity index (χ1v) is 9.64. The van der Waals surface area contributed by atoms with Crippen molar-refractivity contribution in [1.29, 1.82) is 0 Å². The zero-order valence-corrected chi connectivity index (χ0v) is 13.3. The number of hydrogen-bond donors (Lipinski definition) is 1. The summed E-state index contributed by atoms with van der Waals surface area (Å²) >= 11 is 0. The highest BCUT2D eigenvalue weighted by Gasteiger charge is 2.33. The smallest absolute Gasteiger partial charge is 0.246 e. The number of ether oxygens (including phenoxy) is 1. The van der Waals surface area contributed by atoms with E-state index in [1.165, 1.54) is 17.5 Å². The highest BCUT2D eigenvalue weighted by Crippen LogP contribution is 2.28. The van der Waals surface area contributed by atoms with Gasteiger partial charge in [-0.25, -0.2) is 16.8 Å². The van der Waals surface area contributed by atoms with Crippen molar-refractivity contribution in [2.45, 2.75) is 11.4 Å². The van der Waals surface area contributed by atoms with E-state index in [1.807, 2.05) is 0 Å². The standard InChI is InChI=1S/C12H18N2O5S2/c1-19-11-8-10(9-13)2-3-12(11)21(17,18)14-4-6-20(15,16)7-5-14/h2-3,8H,4-7,9,13H2,1H3. The molecule has 1 aromatic carbocycles. The van der Waals surface area contributed by atoms with Gasteiger partial charge in [-0.3, -0.25) is 0 Å². The zero-order chi connectivity index (χ0) is 15.7. The van der Waals surface area contributed by atoms with E-state index in [9.17, 15) is 16.8 Å². The molecule has 0 aromatic heterocycles. The Morgan fingerprint density at radius 3 is 2.43 bits per heavy atom. The van der Waals surface area contributed by atoms with E-state index < -0.39 is 19.9 Å². The van der Waals surface area contributed by atoms with Crippen LogP contribution in [0.25, 0.3) is 0 Å². The summed E-state index contributed by atoms with van der Waals surface area (Å²) < 4.78 is 54.3. The summed E-state index contributed by atoms with van der Waals surface area (Å²) in [7, 11) is -5.53. The van der Waals surface area contributed by atoms with E-state index in [0.717, 1.165) is 5.56 Å². The number of benzene rings is 1. The molecule has 0 radical (unpaired) electrons. The number of sulfone groups is 1. The first-order valence-electron chi connectivity index (χ1n) is 6.38. The Bertz CT molecular complexity index is 714. The van der Waals surface area contributed by atoms with Gasteiger partial charge >= 0.3 is 0 Å². The lowest BCUT2D eigenvalue weighted by Crippen LogP contribution is -2.43. The zero-order valence-electron chi connectivity index (χ0n) is 11.6. The Labute approximate surface area is 124 Å². The summed E-state index contributed by atoms with van der Waals surface area (Å²) in [6.45, 7) is 0.206. The molecule has 0 bridgehead atoms. The fourth-order valence-electron chi connectivity index (χ4n) is 2.13. The van der Waals surface area contributed by atoms with Gasteiger partial charge in [0, 0.05) is 19.6 Å². The molecule has 2 N–H and O–H groups in total. The first kappa shape index (κ1) is 16.2. The molecule has 118 valence electrons. The van der Waals surface area contributed by atoms with Crippen molar-refractivity contribution in [2.75, 3.05) is 31.7 Å². The van der Waals surface area contributed by atoms with Crippen LogP contribution in [0.15, 0.2) is 23.1 Å². The highest BCUT2D eigenvalue weighted by molar-refractivity contribution is 7.92. The Hall–Kier alpha value is -1.16. The topological polar surface area (TPSA) is 107 Å². The second-order valence-corrected chi connectivity index (χ2v) is 8.96. The van der Waals surface area contributed by atoms with Crippen LogP contribution in [-0.2, 0) is 26.4 Å². The normalized spacial score (nSPS) is 19.3. The van der Waals surface area contributed by atoms with Crippen molar-refractivity contribution in [3.8, 4) is 5.75 Å². The highest BCUT2D eigenvalue weighted by atomic mass is 32.2. The van der Waals surface area contributed by atoms with Crippen LogP contribution in [0, 0.1) is 0 Å². The molecule has 0 spiro atoms. The Balaban J connectivity index is 2.36. The summed E-state index contributed by atoms with van der Waals surface area (Å²) in [5.41, 5.74) is 6.28. The Morgan fingerprint density at radius 2 is 1.90 bits per heavy atom. The molecule has 1 aromatic rings. The van der Waals surface area contributed by atoms with Gasteiger partial charge < -0.3 is 10.5 Å². The Kier molecular flexibility index (Phi) is 4.57. The maximum Gasteiger partial charge on any atom is 0.246 e. The molecule has 0 unspecified atom stereocenters. The number of methoxy groups -OCH3 is 1. The van der Waals surface area contributed by atoms with E-state index in [1.54, 1.807) is 12.1 Å². The second-order valence-electron chi connectivity index (χ2n) is 4.75. The molecule has 0 aliphatic carbocycles. The molecular weight excluding hydrogens is 316 g/mol. The molecule has 1 saturated heterocycles. The van der Waals surface area contributed by atoms with Crippen molar-refractivity contribution in [3.05, 3.63) is 23.8 Å². The first-order chi connectivity index (χ1) is 9.80. The molecule has 1 fully saturated rings. The molecule has 21 heavy (non-hydrogen) atoms. The molecule has 7 nitrogen and oxygen atoms in total. The molecule has 9 heteroatoms. The number of nitrogens with zero attached hydrogens (tertiary/aromatic N) is 1. The van der Waals surface area contributed by atoms with E-state index in [0.29, 0.717) is 0 Å². The van der Waals surface area contributed by atoms with Crippen molar-refractivity contribution in [2.24, 2.45) is 5.73 Å². The van der Waals surface area contributed by atoms with Crippen molar-refractivity contribution in [1.82, 2.24) is 4.31 Å². The lowest BCUT2D eigenvalue weighted by molar-refractivity contribution is 0.393. The average molecular weight is 334 g/mol. The SMILES string of the molecule is COc1cc(CN)ccc1S(=O)(=O)N1CCS(=O)(=O)CC1. The van der Waals surface area contributed by atoms with Crippen LogP contribution in [0.3, 0.4) is 0 Å². The summed E-state index contributed by atoms with van der Waals surface area (Å²) in [5.74, 6) is -0.100. The van der Waals surface area contributed by atoms with Gasteiger partial charge in [0.15, 0.2) is 9.84 Å². The van der Waals surface area contributed by atoms with E-state index in [-0.39, 0.29) is 41.8 Å². The summed E-state index contributed by atoms with van der Waals surface area (Å²) in [6, 6.07) is 4.64. The van der Waals surface area contributed by atoms with Gasteiger partial charge in [-0.15, -0.1) is 0 Å². The predicted molar refractivity (Wildman–Crippen MR) is 78.3 cm³/mol. The third-order valence-corrected chi connectivity index (χ3v) is 6.93. The van der Waals surface area contributed by atoms with Crippen LogP contribution in [0.5, 0.6) is 5.75 Å². The van der Waals surface area contributed by atoms with Gasteiger partial charge in [-0.2, -0.15) is 4.31 Å². The maximum absolute atomic E-state index is 12.6. The van der Waals surface area contributed by atoms with Crippen molar-refractivity contribution >= 4 is 19.9 Å². The van der Waals surface area contributed by atoms with E-state index in [2.05, 4.69) is 0 Å². The predicted octanol–water partition coefficient (Wildman–Crippen LogP) is -0.427. The quantitative estimate of drug-likeness (QED) is 0.801. The van der Waals surface area contributed by atoms with E-state index in [4.69, 9.17) is 10.5 Å². The van der Waals surface area contributed by atoms with E-state index >= 15 is 0 Å². The van der Waals surface area contributed by atoms with Gasteiger partial charge in [0.2, 0.25) is 10.0 Å². The number of nitrogens with two attached hydrogens (primary N) is 1. The number of sulfonamides is 1. The largest absolute Gasteiger partial charge is 0.495 e. The van der Waals surface area contributed by atoms with Gasteiger partial charge in [-0.05, 0) is 17.7 Å². The third-order valence-electron chi connectivity index (χ3n) is 3.38. The van der Waals surface area contributed by atoms with Crippen LogP contribution in [0.1, 0.15) is 5.56 Å². The molecule has 0 amide bonds. The fourth-order valence-corrected chi connectivity index (χ4v) is 5.14. The average Bonchev–Trinajstić information content (AvgIpc) is 2.46. The Morgan fingerprint density at radius 1 is 1.29 bits per heavy atom. The van der Waals surface area contributed by atoms with Crippen molar-refractivity contribution < 1.29 is 21.6 Å². The molecule has 0 saturated carbocycles. The van der Waals surface area contributed by atoms with Crippen molar-refractivity contribution in [3.63, 3.8) is 0 Å². The van der Waals surface area contributed by atoms with Crippen LogP contribution >= 0.6 is 0 Å². The third kappa shape index (κ3) is 3.37. The minimum atomic E-state index is -3.78. The number of rotatable bonds is 4. The molecular formula is C12H18N2O5S2. The lowest BCUT2D eigenvalue weighted by Gasteiger charge is -2.26. The monoisotopic (exact) mass is 334 g/mol. The van der Waals surface area contributed by atoms with Crippen LogP contribution in [0.4, 0.5) is 0 Å². The van der Waals surface area contributed by atoms with Gasteiger partial charge in [0.05, 0.1) is 18.6 Å². The molecule has 1 heterocycles. The summed E-state index contributed by atoms with van der Waals surface area (Å²) in [6.07, 6.45) is 0. The molecule has 1 aliphatic heterocycles. The maximum atomic E-state index is 12.6. The molecule has 2 rings (SSSR count). The van der Waals surface area contributed by atoms with Gasteiger partial charge in [0.25, 0.3) is 0 Å². The second kappa shape index (κ2) is 5.91. The van der Waals surface area contributed by atoms with Crippen LogP contribution in [-0.4, -0.2) is 52.8 Å². The fraction of sp³-hybridized carbons (Fsp3) is 0.500. The number of hydrogen-bond acceptors (Lipinski definition) is 6. The van der Waals surface area contributed by atoms with Gasteiger partial charge in [-0.1, -0.05) is 6.07 Å². The summed E-state index contributed by atoms with van der Waals surface area (Å²) in [4.78, 5) is 0.0292. The molecule has 0 atom stereocenters. The molecule has 1 aliphatic rings. The lowest BCUT2D eigenvalue weighted by atomic mass is 10.2. The van der Waals surface area contributed by atoms with Crippen LogP contribution in [0.2, 0.25) is 0 Å². The minimum absolute atomic E-state index is 0.0292. The van der Waals surface area contributed by atoms with Crippen LogP contribution < -0.4 is 10.5 Å². The van der Waals surface area contributed by atoms with Gasteiger partial charge in [0.1, 0.15) is 10.6 Å². The minimum Gasteiger partial charge on any atom is -0.495 e. The summed E-state index contributed by atoms with van der Waals surface area (Å²) in [5, 5.41) is 0.